The quantitative estimate of drug-likeness (QED) is 0.816. The van der Waals surface area contributed by atoms with Gasteiger partial charge in [0.05, 0.1) is 6.61 Å². The van der Waals surface area contributed by atoms with Crippen LogP contribution in [0.1, 0.15) is 34.1 Å². The fourth-order valence-electron chi connectivity index (χ4n) is 2.88. The number of aromatic nitrogens is 1. The second-order valence-electron chi connectivity index (χ2n) is 5.72. The lowest BCUT2D eigenvalue weighted by molar-refractivity contribution is 0.0519. The number of anilines is 1. The Labute approximate surface area is 134 Å². The summed E-state index contributed by atoms with van der Waals surface area (Å²) in [5, 5.41) is 0. The first-order valence-corrected chi connectivity index (χ1v) is 7.74. The van der Waals surface area contributed by atoms with Crippen LogP contribution in [0.5, 0.6) is 0 Å². The van der Waals surface area contributed by atoms with Gasteiger partial charge in [-0.1, -0.05) is 0 Å². The number of halogens is 1. The SMILES string of the molecule is CCOC(=O)c1cc2c(cn1)CN(c1cc(C)cc(F)c1)CC2. The van der Waals surface area contributed by atoms with Crippen molar-refractivity contribution in [2.24, 2.45) is 0 Å². The van der Waals surface area contributed by atoms with Crippen LogP contribution in [0.4, 0.5) is 10.1 Å². The summed E-state index contributed by atoms with van der Waals surface area (Å²) >= 11 is 0. The maximum atomic E-state index is 13.6. The highest BCUT2D eigenvalue weighted by Gasteiger charge is 2.20. The third kappa shape index (κ3) is 3.33. The van der Waals surface area contributed by atoms with Gasteiger partial charge in [-0.15, -0.1) is 0 Å². The van der Waals surface area contributed by atoms with E-state index < -0.39 is 5.97 Å². The van der Waals surface area contributed by atoms with Crippen molar-refractivity contribution in [2.75, 3.05) is 18.1 Å². The number of nitrogens with zero attached hydrogens (tertiary/aromatic N) is 2. The van der Waals surface area contributed by atoms with Crippen LogP contribution in [0.2, 0.25) is 0 Å². The zero-order valence-corrected chi connectivity index (χ0v) is 13.3. The second kappa shape index (κ2) is 6.36. The standard InChI is InChI=1S/C18H19FN2O2/c1-3-23-18(22)17-8-13-4-5-21(11-14(13)10-20-17)16-7-12(2)6-15(19)9-16/h6-10H,3-5,11H2,1-2H3. The van der Waals surface area contributed by atoms with E-state index in [1.165, 1.54) is 6.07 Å². The van der Waals surface area contributed by atoms with Crippen molar-refractivity contribution in [1.29, 1.82) is 0 Å². The molecule has 0 amide bonds. The fraction of sp³-hybridized carbons (Fsp3) is 0.333. The summed E-state index contributed by atoms with van der Waals surface area (Å²) in [4.78, 5) is 18.1. The zero-order valence-electron chi connectivity index (χ0n) is 13.3. The third-order valence-corrected chi connectivity index (χ3v) is 3.97. The number of hydrogen-bond acceptors (Lipinski definition) is 4. The van der Waals surface area contributed by atoms with Crippen molar-refractivity contribution >= 4 is 11.7 Å². The van der Waals surface area contributed by atoms with Gasteiger partial charge >= 0.3 is 5.97 Å². The molecule has 0 atom stereocenters. The monoisotopic (exact) mass is 314 g/mol. The number of benzene rings is 1. The van der Waals surface area contributed by atoms with E-state index in [0.717, 1.165) is 35.3 Å². The molecular formula is C18H19FN2O2. The first kappa shape index (κ1) is 15.5. The lowest BCUT2D eigenvalue weighted by Crippen LogP contribution is -2.31. The van der Waals surface area contributed by atoms with Gasteiger partial charge in [0.15, 0.2) is 0 Å². The molecule has 4 nitrogen and oxygen atoms in total. The molecule has 0 fully saturated rings. The predicted octanol–water partition coefficient (Wildman–Crippen LogP) is 3.27. The fourth-order valence-corrected chi connectivity index (χ4v) is 2.88. The van der Waals surface area contributed by atoms with Gasteiger partial charge in [0, 0.05) is 25.0 Å². The largest absolute Gasteiger partial charge is 0.461 e. The molecule has 0 aliphatic carbocycles. The average molecular weight is 314 g/mol. The average Bonchev–Trinajstić information content (AvgIpc) is 2.53. The Morgan fingerprint density at radius 1 is 1.30 bits per heavy atom. The molecule has 23 heavy (non-hydrogen) atoms. The van der Waals surface area contributed by atoms with Crippen LogP contribution in [-0.4, -0.2) is 24.1 Å². The molecule has 2 heterocycles. The number of rotatable bonds is 3. The molecule has 0 spiro atoms. The highest BCUT2D eigenvalue weighted by molar-refractivity contribution is 5.87. The summed E-state index contributed by atoms with van der Waals surface area (Å²) in [7, 11) is 0. The molecule has 1 aliphatic rings. The molecule has 0 saturated heterocycles. The zero-order chi connectivity index (χ0) is 16.4. The summed E-state index contributed by atoms with van der Waals surface area (Å²) in [6, 6.07) is 6.86. The predicted molar refractivity (Wildman–Crippen MR) is 86.1 cm³/mol. The van der Waals surface area contributed by atoms with Gasteiger partial charge in [-0.25, -0.2) is 14.2 Å². The van der Waals surface area contributed by atoms with Gasteiger partial charge in [0.2, 0.25) is 0 Å². The van der Waals surface area contributed by atoms with Gasteiger partial charge < -0.3 is 9.64 Å². The van der Waals surface area contributed by atoms with Gasteiger partial charge in [0.25, 0.3) is 0 Å². The molecule has 5 heteroatoms. The summed E-state index contributed by atoms with van der Waals surface area (Å²) in [5.41, 5.74) is 4.29. The minimum atomic E-state index is -0.390. The number of ether oxygens (including phenoxy) is 1. The van der Waals surface area contributed by atoms with Gasteiger partial charge in [-0.2, -0.15) is 0 Å². The minimum Gasteiger partial charge on any atom is -0.461 e. The van der Waals surface area contributed by atoms with Gasteiger partial charge in [0.1, 0.15) is 11.5 Å². The Bertz CT molecular complexity index is 726. The molecule has 0 unspecified atom stereocenters. The summed E-state index contributed by atoms with van der Waals surface area (Å²) in [6.45, 7) is 5.44. The molecule has 0 radical (unpaired) electrons. The van der Waals surface area contributed by atoms with Crippen LogP contribution in [0, 0.1) is 12.7 Å². The number of carbonyl (C=O) groups excluding carboxylic acids is 1. The number of esters is 1. The molecule has 0 saturated carbocycles. The molecule has 1 aliphatic heterocycles. The molecule has 0 bridgehead atoms. The van der Waals surface area contributed by atoms with Crippen LogP contribution in [-0.2, 0) is 17.7 Å². The minimum absolute atomic E-state index is 0.221. The van der Waals surface area contributed by atoms with Crippen molar-refractivity contribution in [1.82, 2.24) is 4.98 Å². The number of fused-ring (bicyclic) bond motifs is 1. The van der Waals surface area contributed by atoms with E-state index in [1.807, 2.05) is 19.1 Å². The van der Waals surface area contributed by atoms with Gasteiger partial charge in [-0.05, 0) is 61.2 Å². The van der Waals surface area contributed by atoms with E-state index in [2.05, 4.69) is 9.88 Å². The Morgan fingerprint density at radius 2 is 2.13 bits per heavy atom. The lowest BCUT2D eigenvalue weighted by atomic mass is 10.00. The van der Waals surface area contributed by atoms with E-state index in [1.54, 1.807) is 19.2 Å². The van der Waals surface area contributed by atoms with Gasteiger partial charge in [-0.3, -0.25) is 0 Å². The normalized spacial score (nSPS) is 13.6. The molecule has 3 rings (SSSR count). The lowest BCUT2D eigenvalue weighted by Gasteiger charge is -2.31. The smallest absolute Gasteiger partial charge is 0.356 e. The summed E-state index contributed by atoms with van der Waals surface area (Å²) in [6.07, 6.45) is 2.51. The van der Waals surface area contributed by atoms with Crippen molar-refractivity contribution in [3.8, 4) is 0 Å². The molecule has 1 aromatic heterocycles. The topological polar surface area (TPSA) is 42.4 Å². The Hall–Kier alpha value is -2.43. The van der Waals surface area contributed by atoms with E-state index in [9.17, 15) is 9.18 Å². The number of aryl methyl sites for hydroxylation is 1. The number of carbonyl (C=O) groups is 1. The van der Waals surface area contributed by atoms with Crippen molar-refractivity contribution in [2.45, 2.75) is 26.8 Å². The summed E-state index contributed by atoms with van der Waals surface area (Å²) in [5.74, 6) is -0.611. The third-order valence-electron chi connectivity index (χ3n) is 3.97. The van der Waals surface area contributed by atoms with Crippen molar-refractivity contribution in [3.63, 3.8) is 0 Å². The van der Waals surface area contributed by atoms with Crippen molar-refractivity contribution in [3.05, 3.63) is 58.7 Å². The van der Waals surface area contributed by atoms with E-state index in [0.29, 0.717) is 18.8 Å². The van der Waals surface area contributed by atoms with Crippen molar-refractivity contribution < 1.29 is 13.9 Å². The van der Waals surface area contributed by atoms with Crippen LogP contribution < -0.4 is 4.90 Å². The van der Waals surface area contributed by atoms with Crippen LogP contribution in [0.3, 0.4) is 0 Å². The van der Waals surface area contributed by atoms with Crippen LogP contribution >= 0.6 is 0 Å². The number of pyridine rings is 1. The molecule has 2 aromatic rings. The van der Waals surface area contributed by atoms with E-state index >= 15 is 0 Å². The van der Waals surface area contributed by atoms with E-state index in [-0.39, 0.29) is 5.82 Å². The second-order valence-corrected chi connectivity index (χ2v) is 5.72. The molecule has 1 aromatic carbocycles. The van der Waals surface area contributed by atoms with Crippen LogP contribution in [0.25, 0.3) is 0 Å². The molecule has 120 valence electrons. The maximum Gasteiger partial charge on any atom is 0.356 e. The van der Waals surface area contributed by atoms with E-state index in [4.69, 9.17) is 4.74 Å². The van der Waals surface area contributed by atoms with Crippen LogP contribution in [0.15, 0.2) is 30.5 Å². The summed E-state index contributed by atoms with van der Waals surface area (Å²) < 4.78 is 18.6. The Morgan fingerprint density at radius 3 is 2.87 bits per heavy atom. The Kier molecular flexibility index (Phi) is 4.28. The number of hydrogen-bond donors (Lipinski definition) is 0. The first-order valence-electron chi connectivity index (χ1n) is 7.74. The first-order chi connectivity index (χ1) is 11.1. The highest BCUT2D eigenvalue weighted by atomic mass is 19.1. The highest BCUT2D eigenvalue weighted by Crippen LogP contribution is 2.26. The molecular weight excluding hydrogens is 295 g/mol. The Balaban J connectivity index is 1.82. The maximum absolute atomic E-state index is 13.6. The molecule has 0 N–H and O–H groups in total.